The molecular weight excluding hydrogens is 322 g/mol. The lowest BCUT2D eigenvalue weighted by Gasteiger charge is -2.33. The van der Waals surface area contributed by atoms with E-state index in [0.29, 0.717) is 6.54 Å². The van der Waals surface area contributed by atoms with Gasteiger partial charge in [0.1, 0.15) is 11.6 Å². The van der Waals surface area contributed by atoms with Crippen LogP contribution in [0.1, 0.15) is 31.5 Å². The average molecular weight is 345 g/mol. The molecule has 1 aromatic heterocycles. The summed E-state index contributed by atoms with van der Waals surface area (Å²) in [6.07, 6.45) is 7.20. The number of aromatic nitrogens is 2. The number of rotatable bonds is 5. The van der Waals surface area contributed by atoms with Crippen molar-refractivity contribution in [2.75, 3.05) is 19.3 Å². The second-order valence-electron chi connectivity index (χ2n) is 6.03. The number of carbonyl (C=O) groups excluding carboxylic acids is 1. The molecule has 2 aromatic rings. The molecule has 0 unspecified atom stereocenters. The van der Waals surface area contributed by atoms with Gasteiger partial charge in [-0.3, -0.25) is 4.79 Å². The predicted molar refractivity (Wildman–Crippen MR) is 95.5 cm³/mol. The van der Waals surface area contributed by atoms with Gasteiger partial charge in [0.05, 0.1) is 0 Å². The van der Waals surface area contributed by atoms with E-state index in [1.807, 2.05) is 48.5 Å². The Morgan fingerprint density at radius 1 is 1.42 bits per heavy atom. The minimum Gasteiger partial charge on any atom is -0.481 e. The zero-order valence-corrected chi connectivity index (χ0v) is 14.9. The van der Waals surface area contributed by atoms with Crippen LogP contribution in [0, 0.1) is 0 Å². The van der Waals surface area contributed by atoms with E-state index >= 15 is 0 Å². The van der Waals surface area contributed by atoms with Gasteiger partial charge in [-0.2, -0.15) is 0 Å². The van der Waals surface area contributed by atoms with Gasteiger partial charge in [-0.25, -0.2) is 4.98 Å². The number of likely N-dealkylation sites (tertiary alicyclic amines) is 1. The first-order chi connectivity index (χ1) is 11.7. The van der Waals surface area contributed by atoms with E-state index in [-0.39, 0.29) is 11.8 Å². The highest BCUT2D eigenvalue weighted by Gasteiger charge is 2.29. The topological polar surface area (TPSA) is 58.2 Å². The third-order valence-corrected chi connectivity index (χ3v) is 5.10. The van der Waals surface area contributed by atoms with Crippen LogP contribution in [0.4, 0.5) is 0 Å². The lowest BCUT2D eigenvalue weighted by molar-refractivity contribution is -0.139. The Morgan fingerprint density at radius 3 is 2.88 bits per heavy atom. The average Bonchev–Trinajstić information content (AvgIpc) is 3.16. The summed E-state index contributed by atoms with van der Waals surface area (Å²) in [5, 5.41) is 0. The molecule has 5 nitrogen and oxygen atoms in total. The van der Waals surface area contributed by atoms with Gasteiger partial charge in [0.2, 0.25) is 0 Å². The minimum absolute atomic E-state index is 0.0419. The Labute approximate surface area is 146 Å². The van der Waals surface area contributed by atoms with Crippen molar-refractivity contribution in [1.29, 1.82) is 0 Å². The van der Waals surface area contributed by atoms with E-state index in [4.69, 9.17) is 4.74 Å². The molecule has 3 rings (SSSR count). The number of amides is 1. The largest absolute Gasteiger partial charge is 0.481 e. The second kappa shape index (κ2) is 7.75. The fourth-order valence-electron chi connectivity index (χ4n) is 3.07. The Bertz CT molecular complexity index is 657. The summed E-state index contributed by atoms with van der Waals surface area (Å²) in [6, 6.07) is 7.84. The monoisotopic (exact) mass is 345 g/mol. The van der Waals surface area contributed by atoms with Crippen molar-refractivity contribution in [3.8, 4) is 5.75 Å². The molecule has 0 bridgehead atoms. The first-order valence-corrected chi connectivity index (χ1v) is 9.48. The summed E-state index contributed by atoms with van der Waals surface area (Å²) in [5.41, 5.74) is 0. The summed E-state index contributed by atoms with van der Waals surface area (Å²) in [7, 11) is 0. The quantitative estimate of drug-likeness (QED) is 0.845. The first kappa shape index (κ1) is 16.9. The number of H-pyrrole nitrogens is 1. The number of ether oxygens (including phenoxy) is 1. The van der Waals surface area contributed by atoms with E-state index < -0.39 is 6.10 Å². The summed E-state index contributed by atoms with van der Waals surface area (Å²) >= 11 is 1.68. The van der Waals surface area contributed by atoms with Crippen LogP contribution in [0.5, 0.6) is 5.75 Å². The predicted octanol–water partition coefficient (Wildman–Crippen LogP) is 3.31. The molecule has 128 valence electrons. The van der Waals surface area contributed by atoms with Crippen molar-refractivity contribution in [3.05, 3.63) is 42.5 Å². The molecule has 1 saturated heterocycles. The fourth-order valence-corrected chi connectivity index (χ4v) is 3.48. The fraction of sp³-hybridized carbons (Fsp3) is 0.444. The maximum Gasteiger partial charge on any atom is 0.263 e. The molecule has 0 radical (unpaired) electrons. The van der Waals surface area contributed by atoms with Gasteiger partial charge >= 0.3 is 0 Å². The Balaban J connectivity index is 1.59. The van der Waals surface area contributed by atoms with Crippen LogP contribution >= 0.6 is 11.8 Å². The lowest BCUT2D eigenvalue weighted by Crippen LogP contribution is -2.45. The number of hydrogen-bond acceptors (Lipinski definition) is 4. The van der Waals surface area contributed by atoms with Gasteiger partial charge in [0.15, 0.2) is 6.10 Å². The summed E-state index contributed by atoms with van der Waals surface area (Å²) in [6.45, 7) is 3.31. The molecule has 24 heavy (non-hydrogen) atoms. The smallest absolute Gasteiger partial charge is 0.263 e. The van der Waals surface area contributed by atoms with Gasteiger partial charge in [0.25, 0.3) is 5.91 Å². The maximum atomic E-state index is 12.7. The molecular formula is C18H23N3O2S. The van der Waals surface area contributed by atoms with E-state index in [0.717, 1.165) is 31.0 Å². The molecule has 1 fully saturated rings. The summed E-state index contributed by atoms with van der Waals surface area (Å²) < 4.78 is 5.83. The van der Waals surface area contributed by atoms with Crippen LogP contribution in [0.3, 0.4) is 0 Å². The highest BCUT2D eigenvalue weighted by atomic mass is 32.2. The molecule has 1 N–H and O–H groups in total. The van der Waals surface area contributed by atoms with E-state index in [1.165, 1.54) is 4.90 Å². The number of imidazole rings is 1. The van der Waals surface area contributed by atoms with Crippen molar-refractivity contribution in [3.63, 3.8) is 0 Å². The van der Waals surface area contributed by atoms with Crippen LogP contribution in [0.15, 0.2) is 41.6 Å². The number of carbonyl (C=O) groups is 1. The molecule has 0 spiro atoms. The van der Waals surface area contributed by atoms with Crippen LogP contribution < -0.4 is 4.74 Å². The highest BCUT2D eigenvalue weighted by molar-refractivity contribution is 7.98. The number of aromatic amines is 1. The molecule has 2 atom stereocenters. The standard InChI is InChI=1S/C18H23N3O2S/c1-13(23-15-5-7-16(24-2)8-6-15)18(22)21-11-3-4-14(12-21)17-19-9-10-20-17/h5-10,13-14H,3-4,11-12H2,1-2H3,(H,19,20)/t13-,14-/m0/s1. The third-order valence-electron chi connectivity index (χ3n) is 4.36. The molecule has 0 aliphatic carbocycles. The van der Waals surface area contributed by atoms with Gasteiger partial charge < -0.3 is 14.6 Å². The number of benzene rings is 1. The molecule has 0 saturated carbocycles. The third kappa shape index (κ3) is 3.93. The lowest BCUT2D eigenvalue weighted by atomic mass is 9.97. The normalized spacial score (nSPS) is 19.1. The van der Waals surface area contributed by atoms with Crippen molar-refractivity contribution >= 4 is 17.7 Å². The van der Waals surface area contributed by atoms with E-state index in [1.54, 1.807) is 18.0 Å². The van der Waals surface area contributed by atoms with Crippen LogP contribution in [-0.2, 0) is 4.79 Å². The van der Waals surface area contributed by atoms with Crippen molar-refractivity contribution in [2.45, 2.75) is 36.7 Å². The zero-order valence-electron chi connectivity index (χ0n) is 14.1. The minimum atomic E-state index is -0.486. The number of hydrogen-bond donors (Lipinski definition) is 1. The van der Waals surface area contributed by atoms with Crippen LogP contribution in [-0.4, -0.2) is 46.2 Å². The Kier molecular flexibility index (Phi) is 5.45. The van der Waals surface area contributed by atoms with Gasteiger partial charge in [-0.15, -0.1) is 11.8 Å². The van der Waals surface area contributed by atoms with E-state index in [9.17, 15) is 4.79 Å². The van der Waals surface area contributed by atoms with E-state index in [2.05, 4.69) is 9.97 Å². The van der Waals surface area contributed by atoms with Crippen molar-refractivity contribution in [1.82, 2.24) is 14.9 Å². The van der Waals surface area contributed by atoms with Gasteiger partial charge in [0, 0.05) is 36.3 Å². The van der Waals surface area contributed by atoms with Crippen LogP contribution in [0.2, 0.25) is 0 Å². The molecule has 1 aliphatic rings. The molecule has 2 heterocycles. The maximum absolute atomic E-state index is 12.7. The first-order valence-electron chi connectivity index (χ1n) is 8.26. The van der Waals surface area contributed by atoms with Gasteiger partial charge in [-0.05, 0) is 50.3 Å². The van der Waals surface area contributed by atoms with Crippen molar-refractivity contribution in [2.24, 2.45) is 0 Å². The second-order valence-corrected chi connectivity index (χ2v) is 6.91. The summed E-state index contributed by atoms with van der Waals surface area (Å²) in [4.78, 5) is 23.3. The zero-order chi connectivity index (χ0) is 16.9. The van der Waals surface area contributed by atoms with Gasteiger partial charge in [-0.1, -0.05) is 0 Å². The number of thioether (sulfide) groups is 1. The number of nitrogens with zero attached hydrogens (tertiary/aromatic N) is 2. The molecule has 1 aliphatic heterocycles. The Hall–Kier alpha value is -1.95. The Morgan fingerprint density at radius 2 is 2.21 bits per heavy atom. The molecule has 1 amide bonds. The number of nitrogens with one attached hydrogen (secondary N) is 1. The number of piperidine rings is 1. The van der Waals surface area contributed by atoms with Crippen LogP contribution in [0.25, 0.3) is 0 Å². The molecule has 6 heteroatoms. The highest BCUT2D eigenvalue weighted by Crippen LogP contribution is 2.25. The summed E-state index contributed by atoms with van der Waals surface area (Å²) in [5.74, 6) is 2.02. The SMILES string of the molecule is CSc1ccc(O[C@@H](C)C(=O)N2CCC[C@H](c3ncc[nH]3)C2)cc1. The van der Waals surface area contributed by atoms with Crippen molar-refractivity contribution < 1.29 is 9.53 Å². The molecule has 1 aromatic carbocycles.